The van der Waals surface area contributed by atoms with Crippen LogP contribution in [0.5, 0.6) is 0 Å². The van der Waals surface area contributed by atoms with Gasteiger partial charge in [0.05, 0.1) is 29.2 Å². The molecule has 2 N–H and O–H groups in total. The Bertz CT molecular complexity index is 1150. The summed E-state index contributed by atoms with van der Waals surface area (Å²) in [6, 6.07) is 17.4. The van der Waals surface area contributed by atoms with Crippen molar-refractivity contribution in [3.8, 4) is 5.69 Å². The number of carbonyl (C=O) groups is 2. The third-order valence-corrected chi connectivity index (χ3v) is 6.42. The van der Waals surface area contributed by atoms with E-state index < -0.39 is 0 Å². The van der Waals surface area contributed by atoms with Crippen LogP contribution in [0.3, 0.4) is 0 Å². The van der Waals surface area contributed by atoms with Crippen LogP contribution >= 0.6 is 0 Å². The van der Waals surface area contributed by atoms with Gasteiger partial charge in [0.1, 0.15) is 0 Å². The third-order valence-electron chi connectivity index (χ3n) is 6.42. The Morgan fingerprint density at radius 2 is 1.71 bits per heavy atom. The predicted octanol–water partition coefficient (Wildman–Crippen LogP) is 4.23. The first kappa shape index (κ1) is 23.7. The number of rotatable bonds is 8. The second kappa shape index (κ2) is 10.7. The lowest BCUT2D eigenvalue weighted by Gasteiger charge is -2.18. The maximum Gasteiger partial charge on any atom is 0.253 e. The monoisotopic (exact) mass is 459 g/mol. The highest BCUT2D eigenvalue weighted by molar-refractivity contribution is 6.04. The van der Waals surface area contributed by atoms with Crippen LogP contribution in [0.1, 0.15) is 53.0 Å². The maximum atomic E-state index is 12.8. The van der Waals surface area contributed by atoms with Crippen LogP contribution in [-0.4, -0.2) is 46.1 Å². The molecular formula is C27H33N5O2. The van der Waals surface area contributed by atoms with Gasteiger partial charge in [-0.05, 0) is 58.0 Å². The molecule has 2 aromatic carbocycles. The van der Waals surface area contributed by atoms with Gasteiger partial charge in [-0.1, -0.05) is 43.2 Å². The summed E-state index contributed by atoms with van der Waals surface area (Å²) in [5, 5.41) is 10.7. The Hall–Kier alpha value is -3.45. The van der Waals surface area contributed by atoms with Crippen LogP contribution in [0.2, 0.25) is 0 Å². The molecule has 1 heterocycles. The van der Waals surface area contributed by atoms with E-state index in [0.717, 1.165) is 48.3 Å². The quantitative estimate of drug-likeness (QED) is 0.528. The number of likely N-dealkylation sites (N-methyl/N-ethyl adjacent to an activating group) is 1. The number of carbonyl (C=O) groups excluding carboxylic acids is 2. The number of para-hydroxylation sites is 2. The van der Waals surface area contributed by atoms with Crippen molar-refractivity contribution in [2.75, 3.05) is 18.9 Å². The molecule has 0 saturated heterocycles. The van der Waals surface area contributed by atoms with E-state index in [1.165, 1.54) is 0 Å². The van der Waals surface area contributed by atoms with Gasteiger partial charge in [-0.3, -0.25) is 14.5 Å². The largest absolute Gasteiger partial charge is 0.349 e. The zero-order chi connectivity index (χ0) is 24.1. The number of benzene rings is 2. The SMILES string of the molecule is Cc1nn(-c2ccccc2)c(C)c1CN(C)CC(=O)Nc1ccccc1C(=O)NC1CCCC1. The van der Waals surface area contributed by atoms with Crippen molar-refractivity contribution in [1.29, 1.82) is 0 Å². The first-order chi connectivity index (χ1) is 16.4. The average molecular weight is 460 g/mol. The number of hydrogen-bond acceptors (Lipinski definition) is 4. The minimum absolute atomic E-state index is 0.129. The van der Waals surface area contributed by atoms with Gasteiger partial charge in [-0.15, -0.1) is 0 Å². The molecule has 0 atom stereocenters. The van der Waals surface area contributed by atoms with E-state index in [1.807, 2.05) is 66.0 Å². The molecule has 0 bridgehead atoms. The van der Waals surface area contributed by atoms with Gasteiger partial charge < -0.3 is 10.6 Å². The van der Waals surface area contributed by atoms with Gasteiger partial charge >= 0.3 is 0 Å². The summed E-state index contributed by atoms with van der Waals surface area (Å²) in [5.74, 6) is -0.287. The highest BCUT2D eigenvalue weighted by Gasteiger charge is 2.21. The van der Waals surface area contributed by atoms with Crippen molar-refractivity contribution in [3.63, 3.8) is 0 Å². The van der Waals surface area contributed by atoms with Crippen LogP contribution < -0.4 is 10.6 Å². The number of amides is 2. The molecule has 0 spiro atoms. The van der Waals surface area contributed by atoms with Crippen LogP contribution in [0.4, 0.5) is 5.69 Å². The fourth-order valence-electron chi connectivity index (χ4n) is 4.61. The molecule has 1 aliphatic carbocycles. The number of nitrogens with one attached hydrogen (secondary N) is 2. The van der Waals surface area contributed by atoms with Crippen LogP contribution in [0.25, 0.3) is 5.69 Å². The van der Waals surface area contributed by atoms with Crippen LogP contribution in [0.15, 0.2) is 54.6 Å². The third kappa shape index (κ3) is 5.54. The van der Waals surface area contributed by atoms with Crippen molar-refractivity contribution in [2.24, 2.45) is 0 Å². The van der Waals surface area contributed by atoms with Gasteiger partial charge in [-0.25, -0.2) is 4.68 Å². The molecule has 1 fully saturated rings. The molecule has 1 saturated carbocycles. The zero-order valence-corrected chi connectivity index (χ0v) is 20.2. The molecular weight excluding hydrogens is 426 g/mol. The molecule has 2 amide bonds. The smallest absolute Gasteiger partial charge is 0.253 e. The highest BCUT2D eigenvalue weighted by atomic mass is 16.2. The van der Waals surface area contributed by atoms with Gasteiger partial charge in [0, 0.05) is 23.8 Å². The van der Waals surface area contributed by atoms with E-state index in [4.69, 9.17) is 5.10 Å². The second-order valence-electron chi connectivity index (χ2n) is 9.12. The molecule has 34 heavy (non-hydrogen) atoms. The fraction of sp³-hybridized carbons (Fsp3) is 0.370. The lowest BCUT2D eigenvalue weighted by Crippen LogP contribution is -2.34. The number of anilines is 1. The number of hydrogen-bond donors (Lipinski definition) is 2. The van der Waals surface area contributed by atoms with E-state index in [0.29, 0.717) is 17.8 Å². The van der Waals surface area contributed by atoms with Gasteiger partial charge in [0.15, 0.2) is 0 Å². The predicted molar refractivity (Wildman–Crippen MR) is 134 cm³/mol. The standard InChI is InChI=1S/C27H33N5O2/c1-19-24(20(2)32(30-19)22-13-5-4-6-14-22)17-31(3)18-26(33)29-25-16-10-9-15-23(25)27(34)28-21-11-7-8-12-21/h4-6,9-10,13-16,21H,7-8,11-12,17-18H2,1-3H3,(H,28,34)(H,29,33). The Kier molecular flexibility index (Phi) is 7.43. The van der Waals surface area contributed by atoms with Crippen molar-refractivity contribution < 1.29 is 9.59 Å². The van der Waals surface area contributed by atoms with E-state index in [9.17, 15) is 9.59 Å². The Morgan fingerprint density at radius 3 is 2.44 bits per heavy atom. The van der Waals surface area contributed by atoms with E-state index in [2.05, 4.69) is 17.6 Å². The number of aromatic nitrogens is 2. The molecule has 0 aliphatic heterocycles. The first-order valence-corrected chi connectivity index (χ1v) is 11.9. The molecule has 3 aromatic rings. The summed E-state index contributed by atoms with van der Waals surface area (Å²) < 4.78 is 1.94. The number of nitrogens with zero attached hydrogens (tertiary/aromatic N) is 3. The highest BCUT2D eigenvalue weighted by Crippen LogP contribution is 2.21. The van der Waals surface area contributed by atoms with Gasteiger partial charge in [0.25, 0.3) is 5.91 Å². The molecule has 0 unspecified atom stereocenters. The molecule has 4 rings (SSSR count). The van der Waals surface area contributed by atoms with Crippen LogP contribution in [0, 0.1) is 13.8 Å². The molecule has 178 valence electrons. The topological polar surface area (TPSA) is 79.3 Å². The summed E-state index contributed by atoms with van der Waals surface area (Å²) >= 11 is 0. The average Bonchev–Trinajstić information content (AvgIpc) is 3.43. The molecule has 1 aliphatic rings. The lowest BCUT2D eigenvalue weighted by molar-refractivity contribution is -0.117. The summed E-state index contributed by atoms with van der Waals surface area (Å²) in [7, 11) is 1.91. The van der Waals surface area contributed by atoms with E-state index in [-0.39, 0.29) is 24.4 Å². The molecule has 7 heteroatoms. The normalized spacial score (nSPS) is 13.9. The Labute approximate surface area is 201 Å². The van der Waals surface area contributed by atoms with Crippen LogP contribution in [-0.2, 0) is 11.3 Å². The minimum Gasteiger partial charge on any atom is -0.349 e. The van der Waals surface area contributed by atoms with Gasteiger partial charge in [0.2, 0.25) is 5.91 Å². The molecule has 0 radical (unpaired) electrons. The van der Waals surface area contributed by atoms with Crippen molar-refractivity contribution >= 4 is 17.5 Å². The molecule has 1 aromatic heterocycles. The van der Waals surface area contributed by atoms with Crippen molar-refractivity contribution in [1.82, 2.24) is 20.0 Å². The second-order valence-corrected chi connectivity index (χ2v) is 9.12. The summed E-state index contributed by atoms with van der Waals surface area (Å²) in [4.78, 5) is 27.6. The fourth-order valence-corrected chi connectivity index (χ4v) is 4.61. The summed E-state index contributed by atoms with van der Waals surface area (Å²) in [5.41, 5.74) is 5.17. The minimum atomic E-state index is -0.158. The lowest BCUT2D eigenvalue weighted by atomic mass is 10.1. The summed E-state index contributed by atoms with van der Waals surface area (Å²) in [6.07, 6.45) is 4.34. The maximum absolute atomic E-state index is 12.8. The summed E-state index contributed by atoms with van der Waals surface area (Å²) in [6.45, 7) is 4.85. The Morgan fingerprint density at radius 1 is 1.03 bits per heavy atom. The first-order valence-electron chi connectivity index (χ1n) is 11.9. The molecule has 7 nitrogen and oxygen atoms in total. The van der Waals surface area contributed by atoms with Crippen molar-refractivity contribution in [3.05, 3.63) is 77.1 Å². The van der Waals surface area contributed by atoms with Gasteiger partial charge in [-0.2, -0.15) is 5.10 Å². The van der Waals surface area contributed by atoms with E-state index >= 15 is 0 Å². The zero-order valence-electron chi connectivity index (χ0n) is 20.2. The van der Waals surface area contributed by atoms with E-state index in [1.54, 1.807) is 12.1 Å². The Balaban J connectivity index is 1.39. The number of aryl methyl sites for hydroxylation is 1. The van der Waals surface area contributed by atoms with Crippen molar-refractivity contribution in [2.45, 2.75) is 52.1 Å².